The monoisotopic (exact) mass is 291 g/mol. The molecule has 0 radical (unpaired) electrons. The second-order valence-corrected chi connectivity index (χ2v) is 8.42. The Hall–Kier alpha value is -0.620. The molecule has 1 amide bonds. The van der Waals surface area contributed by atoms with Gasteiger partial charge in [0.15, 0.2) is 0 Å². The molecule has 1 N–H and O–H groups in total. The molecule has 0 heterocycles. The van der Waals surface area contributed by atoms with Crippen molar-refractivity contribution in [3.63, 3.8) is 0 Å². The van der Waals surface area contributed by atoms with Crippen LogP contribution >= 0.6 is 0 Å². The number of hydrogen-bond donors (Lipinski definition) is 1. The van der Waals surface area contributed by atoms with Crippen LogP contribution in [0.2, 0.25) is 0 Å². The maximum Gasteiger partial charge on any atom is 0.228 e. The van der Waals surface area contributed by atoms with Crippen LogP contribution in [0, 0.1) is 5.41 Å². The molecule has 0 atom stereocenters. The van der Waals surface area contributed by atoms with Gasteiger partial charge < -0.3 is 10.1 Å². The molecule has 0 aliphatic heterocycles. The van der Waals surface area contributed by atoms with Gasteiger partial charge in [-0.1, -0.05) is 0 Å². The molecule has 1 aliphatic carbocycles. The first kappa shape index (κ1) is 16.4. The maximum absolute atomic E-state index is 12.1. The van der Waals surface area contributed by atoms with Gasteiger partial charge in [-0.15, -0.1) is 0 Å². The third-order valence-electron chi connectivity index (χ3n) is 3.73. The van der Waals surface area contributed by atoms with Gasteiger partial charge in [-0.05, 0) is 39.5 Å². The fourth-order valence-corrected chi connectivity index (χ4v) is 3.57. The topological polar surface area (TPSA) is 72.5 Å². The Kier molecular flexibility index (Phi) is 5.38. The van der Waals surface area contributed by atoms with Gasteiger partial charge in [0.05, 0.1) is 17.3 Å². The lowest BCUT2D eigenvalue weighted by atomic mass is 9.90. The van der Waals surface area contributed by atoms with Gasteiger partial charge in [-0.2, -0.15) is 0 Å². The summed E-state index contributed by atoms with van der Waals surface area (Å²) in [6, 6.07) is 0.0848. The number of hydrogen-bond acceptors (Lipinski definition) is 4. The van der Waals surface area contributed by atoms with Crippen LogP contribution in [0.15, 0.2) is 0 Å². The molecular formula is C13H25NO4S. The van der Waals surface area contributed by atoms with Crippen molar-refractivity contribution >= 4 is 15.7 Å². The largest absolute Gasteiger partial charge is 0.384 e. The Balaban J connectivity index is 2.47. The molecular weight excluding hydrogens is 266 g/mol. The number of methoxy groups -OCH3 is 1. The van der Waals surface area contributed by atoms with Crippen molar-refractivity contribution in [1.29, 1.82) is 0 Å². The number of carbonyl (C=O) groups is 1. The number of rotatable bonds is 5. The lowest BCUT2D eigenvalue weighted by Gasteiger charge is -2.31. The fraction of sp³-hybridized carbons (Fsp3) is 0.923. The van der Waals surface area contributed by atoms with Crippen molar-refractivity contribution in [1.82, 2.24) is 5.32 Å². The van der Waals surface area contributed by atoms with Crippen molar-refractivity contribution < 1.29 is 17.9 Å². The molecule has 0 unspecified atom stereocenters. The Labute approximate surface area is 116 Å². The van der Waals surface area contributed by atoms with Gasteiger partial charge in [0.2, 0.25) is 5.91 Å². The van der Waals surface area contributed by atoms with Crippen LogP contribution in [0.5, 0.6) is 0 Å². The smallest absolute Gasteiger partial charge is 0.228 e. The third-order valence-corrected chi connectivity index (χ3v) is 5.42. The van der Waals surface area contributed by atoms with Gasteiger partial charge in [-0.25, -0.2) is 8.42 Å². The predicted octanol–water partition coefficient (Wildman–Crippen LogP) is 1.13. The van der Waals surface area contributed by atoms with E-state index in [0.29, 0.717) is 19.4 Å². The van der Waals surface area contributed by atoms with E-state index < -0.39 is 15.3 Å². The fourth-order valence-electron chi connectivity index (χ4n) is 2.44. The summed E-state index contributed by atoms with van der Waals surface area (Å²) in [4.78, 5) is 12.1. The molecule has 1 fully saturated rings. The van der Waals surface area contributed by atoms with Crippen molar-refractivity contribution in [2.24, 2.45) is 5.41 Å². The summed E-state index contributed by atoms with van der Waals surface area (Å²) in [5, 5.41) is 2.76. The van der Waals surface area contributed by atoms with Crippen molar-refractivity contribution in [3.8, 4) is 0 Å². The first-order valence-corrected chi connectivity index (χ1v) is 8.61. The van der Waals surface area contributed by atoms with Crippen molar-refractivity contribution in [2.45, 2.75) is 50.8 Å². The molecule has 0 aromatic rings. The highest BCUT2D eigenvalue weighted by Gasteiger charge is 2.32. The molecule has 6 heteroatoms. The second-order valence-electron chi connectivity index (χ2n) is 6.09. The van der Waals surface area contributed by atoms with Gasteiger partial charge in [0.1, 0.15) is 9.84 Å². The predicted molar refractivity (Wildman–Crippen MR) is 74.7 cm³/mol. The van der Waals surface area contributed by atoms with Gasteiger partial charge in [0.25, 0.3) is 0 Å². The Morgan fingerprint density at radius 2 is 1.79 bits per heavy atom. The lowest BCUT2D eigenvalue weighted by molar-refractivity contribution is -0.132. The summed E-state index contributed by atoms with van der Waals surface area (Å²) >= 11 is 0. The first-order valence-electron chi connectivity index (χ1n) is 6.65. The number of ether oxygens (including phenoxy) is 1. The highest BCUT2D eigenvalue weighted by molar-refractivity contribution is 7.91. The maximum atomic E-state index is 12.1. The van der Waals surface area contributed by atoms with Crippen LogP contribution in [-0.2, 0) is 19.4 Å². The van der Waals surface area contributed by atoms with Crippen LogP contribution < -0.4 is 5.32 Å². The zero-order valence-corrected chi connectivity index (χ0v) is 13.0. The summed E-state index contributed by atoms with van der Waals surface area (Å²) in [6.07, 6.45) is 4.01. The van der Waals surface area contributed by atoms with E-state index in [0.717, 1.165) is 12.8 Å². The molecule has 19 heavy (non-hydrogen) atoms. The van der Waals surface area contributed by atoms with Crippen molar-refractivity contribution in [3.05, 3.63) is 0 Å². The summed E-state index contributed by atoms with van der Waals surface area (Å²) in [5.41, 5.74) is -0.553. The van der Waals surface area contributed by atoms with Gasteiger partial charge in [0, 0.05) is 19.4 Å². The SMILES string of the molecule is COCC(C)(C)C(=O)NC1CCC(S(C)(=O)=O)CC1. The molecule has 0 aromatic heterocycles. The molecule has 112 valence electrons. The number of sulfone groups is 1. The molecule has 0 spiro atoms. The average molecular weight is 291 g/mol. The minimum absolute atomic E-state index is 0.0304. The summed E-state index contributed by atoms with van der Waals surface area (Å²) in [6.45, 7) is 4.06. The van der Waals surface area contributed by atoms with E-state index in [1.54, 1.807) is 7.11 Å². The standard InChI is InChI=1S/C13H25NO4S/c1-13(2,9-18-3)12(15)14-10-5-7-11(8-6-10)19(4,16)17/h10-11H,5-9H2,1-4H3,(H,14,15). The second kappa shape index (κ2) is 6.22. The molecule has 0 bridgehead atoms. The third kappa shape index (κ3) is 4.76. The summed E-state index contributed by atoms with van der Waals surface area (Å²) < 4.78 is 27.9. The molecule has 1 saturated carbocycles. The number of carbonyl (C=O) groups excluding carboxylic acids is 1. The van der Waals surface area contributed by atoms with E-state index in [9.17, 15) is 13.2 Å². The van der Waals surface area contributed by atoms with Crippen LogP contribution in [0.25, 0.3) is 0 Å². The first-order chi connectivity index (χ1) is 8.66. The van der Waals surface area contributed by atoms with E-state index in [2.05, 4.69) is 5.32 Å². The Morgan fingerprint density at radius 3 is 2.21 bits per heavy atom. The minimum Gasteiger partial charge on any atom is -0.384 e. The van der Waals surface area contributed by atoms with E-state index in [1.165, 1.54) is 6.26 Å². The van der Waals surface area contributed by atoms with E-state index in [-0.39, 0.29) is 17.2 Å². The molecule has 0 saturated heterocycles. The van der Waals surface area contributed by atoms with Crippen LogP contribution in [0.3, 0.4) is 0 Å². The van der Waals surface area contributed by atoms with Gasteiger partial charge >= 0.3 is 0 Å². The lowest BCUT2D eigenvalue weighted by Crippen LogP contribution is -2.46. The highest BCUT2D eigenvalue weighted by atomic mass is 32.2. The summed E-state index contributed by atoms with van der Waals surface area (Å²) in [5.74, 6) is -0.0304. The molecule has 0 aromatic carbocycles. The van der Waals surface area contributed by atoms with E-state index in [4.69, 9.17) is 4.74 Å². The molecule has 1 rings (SSSR count). The zero-order chi connectivity index (χ0) is 14.7. The minimum atomic E-state index is -2.95. The average Bonchev–Trinajstić information content (AvgIpc) is 2.28. The van der Waals surface area contributed by atoms with Crippen LogP contribution in [0.1, 0.15) is 39.5 Å². The molecule has 1 aliphatic rings. The zero-order valence-electron chi connectivity index (χ0n) is 12.2. The van der Waals surface area contributed by atoms with Crippen LogP contribution in [-0.4, -0.2) is 45.6 Å². The highest BCUT2D eigenvalue weighted by Crippen LogP contribution is 2.25. The summed E-state index contributed by atoms with van der Waals surface area (Å²) in [7, 11) is -1.37. The van der Waals surface area contributed by atoms with Gasteiger partial charge in [-0.3, -0.25) is 4.79 Å². The Bertz CT molecular complexity index is 408. The number of amides is 1. The normalized spacial score (nSPS) is 25.1. The number of nitrogens with one attached hydrogen (secondary N) is 1. The Morgan fingerprint density at radius 1 is 1.26 bits per heavy atom. The van der Waals surface area contributed by atoms with Crippen molar-refractivity contribution in [2.75, 3.05) is 20.0 Å². The van der Waals surface area contributed by atoms with E-state index in [1.807, 2.05) is 13.8 Å². The van der Waals surface area contributed by atoms with E-state index >= 15 is 0 Å². The quantitative estimate of drug-likeness (QED) is 0.824. The molecule has 5 nitrogen and oxygen atoms in total. The van der Waals surface area contributed by atoms with Crippen LogP contribution in [0.4, 0.5) is 0 Å².